The maximum absolute atomic E-state index is 11.7. The third kappa shape index (κ3) is 4.99. The fraction of sp³-hybridized carbons (Fsp3) is 0.125. The molecule has 0 aromatic heterocycles. The first-order valence-corrected chi connectivity index (χ1v) is 6.51. The molecule has 0 spiro atoms. The number of amides is 2. The van der Waals surface area contributed by atoms with E-state index >= 15 is 0 Å². The van der Waals surface area contributed by atoms with Crippen molar-refractivity contribution in [3.8, 4) is 5.75 Å². The van der Waals surface area contributed by atoms with Crippen LogP contribution in [-0.2, 0) is 4.79 Å². The quantitative estimate of drug-likeness (QED) is 0.670. The first kappa shape index (κ1) is 14.6. The molecule has 2 amide bonds. The van der Waals surface area contributed by atoms with E-state index in [9.17, 15) is 9.59 Å². The van der Waals surface area contributed by atoms with Crippen LogP contribution < -0.4 is 15.4 Å². The largest absolute Gasteiger partial charge is 0.425 e. The minimum absolute atomic E-state index is 0.202. The molecule has 0 bridgehead atoms. The lowest BCUT2D eigenvalue weighted by molar-refractivity contribution is -0.133. The van der Waals surface area contributed by atoms with Crippen LogP contribution in [0.5, 0.6) is 5.75 Å². The van der Waals surface area contributed by atoms with Gasteiger partial charge < -0.3 is 15.4 Å². The van der Waals surface area contributed by atoms with Gasteiger partial charge in [0, 0.05) is 5.69 Å². The molecule has 0 radical (unpaired) electrons. The molecule has 2 aromatic carbocycles. The van der Waals surface area contributed by atoms with Crippen LogP contribution in [0.1, 0.15) is 5.56 Å². The van der Waals surface area contributed by atoms with Crippen molar-refractivity contribution in [2.45, 2.75) is 6.92 Å². The second-order valence-electron chi connectivity index (χ2n) is 4.46. The molecule has 0 aliphatic rings. The maximum atomic E-state index is 11.7. The van der Waals surface area contributed by atoms with Crippen molar-refractivity contribution in [2.75, 3.05) is 11.9 Å². The molecular formula is C16H16N2O3. The minimum atomic E-state index is -0.527. The van der Waals surface area contributed by atoms with Crippen molar-refractivity contribution in [1.82, 2.24) is 5.32 Å². The highest BCUT2D eigenvalue weighted by Gasteiger charge is 2.07. The summed E-state index contributed by atoms with van der Waals surface area (Å²) < 4.78 is 5.05. The molecule has 108 valence electrons. The Bertz CT molecular complexity index is 626. The van der Waals surface area contributed by atoms with Gasteiger partial charge in [-0.1, -0.05) is 30.3 Å². The first-order valence-electron chi connectivity index (χ1n) is 6.51. The van der Waals surface area contributed by atoms with Gasteiger partial charge in [-0.25, -0.2) is 9.59 Å². The molecule has 0 aliphatic heterocycles. The lowest BCUT2D eigenvalue weighted by Gasteiger charge is -2.08. The van der Waals surface area contributed by atoms with Crippen LogP contribution >= 0.6 is 0 Å². The lowest BCUT2D eigenvalue weighted by Crippen LogP contribution is -2.35. The zero-order chi connectivity index (χ0) is 15.1. The molecule has 5 heteroatoms. The molecule has 0 saturated heterocycles. The van der Waals surface area contributed by atoms with Gasteiger partial charge in [-0.05, 0) is 36.8 Å². The van der Waals surface area contributed by atoms with Crippen molar-refractivity contribution in [3.63, 3.8) is 0 Å². The van der Waals surface area contributed by atoms with Gasteiger partial charge in [0.1, 0.15) is 12.3 Å². The number of anilines is 1. The van der Waals surface area contributed by atoms with Crippen molar-refractivity contribution in [2.24, 2.45) is 0 Å². The predicted molar refractivity (Wildman–Crippen MR) is 80.3 cm³/mol. The van der Waals surface area contributed by atoms with Crippen LogP contribution in [0.25, 0.3) is 0 Å². The number of ether oxygens (including phenoxy) is 1. The van der Waals surface area contributed by atoms with Crippen molar-refractivity contribution >= 4 is 17.7 Å². The highest BCUT2D eigenvalue weighted by atomic mass is 16.5. The molecule has 2 rings (SSSR count). The first-order chi connectivity index (χ1) is 10.1. The number of rotatable bonds is 4. The van der Waals surface area contributed by atoms with Crippen LogP contribution in [0, 0.1) is 6.92 Å². The van der Waals surface area contributed by atoms with E-state index in [1.165, 1.54) is 0 Å². The van der Waals surface area contributed by atoms with Gasteiger partial charge in [0.05, 0.1) is 0 Å². The number of benzene rings is 2. The fourth-order valence-electron chi connectivity index (χ4n) is 1.71. The molecule has 0 atom stereocenters. The summed E-state index contributed by atoms with van der Waals surface area (Å²) in [5, 5.41) is 5.09. The molecule has 0 saturated carbocycles. The number of carbonyl (C=O) groups is 2. The number of para-hydroxylation sites is 1. The van der Waals surface area contributed by atoms with E-state index < -0.39 is 12.0 Å². The van der Waals surface area contributed by atoms with Crippen LogP contribution in [0.2, 0.25) is 0 Å². The second kappa shape index (κ2) is 7.09. The van der Waals surface area contributed by atoms with Gasteiger partial charge in [-0.3, -0.25) is 0 Å². The SMILES string of the molecule is Cc1cccc(NC(=O)NCC(=O)Oc2ccccc2)c1. The average molecular weight is 284 g/mol. The molecule has 2 N–H and O–H groups in total. The predicted octanol–water partition coefficient (Wildman–Crippen LogP) is 2.72. The molecule has 0 heterocycles. The third-order valence-corrected chi connectivity index (χ3v) is 2.64. The topological polar surface area (TPSA) is 67.4 Å². The summed E-state index contributed by atoms with van der Waals surface area (Å²) in [6.45, 7) is 1.73. The van der Waals surface area contributed by atoms with E-state index in [0.717, 1.165) is 5.56 Å². The summed E-state index contributed by atoms with van der Waals surface area (Å²) in [6, 6.07) is 15.6. The lowest BCUT2D eigenvalue weighted by atomic mass is 10.2. The van der Waals surface area contributed by atoms with Gasteiger partial charge >= 0.3 is 12.0 Å². The van der Waals surface area contributed by atoms with Crippen LogP contribution in [-0.4, -0.2) is 18.5 Å². The molecule has 2 aromatic rings. The number of nitrogens with one attached hydrogen (secondary N) is 2. The zero-order valence-electron chi connectivity index (χ0n) is 11.6. The van der Waals surface area contributed by atoms with Gasteiger partial charge in [-0.2, -0.15) is 0 Å². The van der Waals surface area contributed by atoms with Crippen molar-refractivity contribution in [3.05, 3.63) is 60.2 Å². The van der Waals surface area contributed by atoms with Crippen LogP contribution in [0.3, 0.4) is 0 Å². The number of carbonyl (C=O) groups excluding carboxylic acids is 2. The standard InChI is InChI=1S/C16H16N2O3/c1-12-6-5-7-13(10-12)18-16(20)17-11-15(19)21-14-8-3-2-4-9-14/h2-10H,11H2,1H3,(H2,17,18,20). The Morgan fingerprint density at radius 1 is 1.05 bits per heavy atom. The number of hydrogen-bond acceptors (Lipinski definition) is 3. The number of esters is 1. The Kier molecular flexibility index (Phi) is 4.93. The Balaban J connectivity index is 1.77. The van der Waals surface area contributed by atoms with E-state index in [4.69, 9.17) is 4.74 Å². The monoisotopic (exact) mass is 284 g/mol. The van der Waals surface area contributed by atoms with E-state index in [1.54, 1.807) is 30.3 Å². The van der Waals surface area contributed by atoms with Crippen LogP contribution in [0.4, 0.5) is 10.5 Å². The van der Waals surface area contributed by atoms with Gasteiger partial charge in [-0.15, -0.1) is 0 Å². The van der Waals surface area contributed by atoms with E-state index in [0.29, 0.717) is 11.4 Å². The molecule has 0 aliphatic carbocycles. The van der Waals surface area contributed by atoms with Crippen molar-refractivity contribution in [1.29, 1.82) is 0 Å². The number of aryl methyl sites for hydroxylation is 1. The van der Waals surface area contributed by atoms with Gasteiger partial charge in [0.25, 0.3) is 0 Å². The van der Waals surface area contributed by atoms with Gasteiger partial charge in [0.2, 0.25) is 0 Å². The molecular weight excluding hydrogens is 268 g/mol. The highest BCUT2D eigenvalue weighted by molar-refractivity contribution is 5.91. The summed E-state index contributed by atoms with van der Waals surface area (Å²) in [4.78, 5) is 23.2. The summed E-state index contributed by atoms with van der Waals surface area (Å²) in [5.74, 6) is -0.0796. The van der Waals surface area contributed by atoms with Gasteiger partial charge in [0.15, 0.2) is 0 Å². The Labute approximate surface area is 122 Å². The number of hydrogen-bond donors (Lipinski definition) is 2. The minimum Gasteiger partial charge on any atom is -0.425 e. The molecule has 5 nitrogen and oxygen atoms in total. The molecule has 0 unspecified atom stereocenters. The van der Waals surface area contributed by atoms with E-state index in [1.807, 2.05) is 31.2 Å². The van der Waals surface area contributed by atoms with Crippen LogP contribution in [0.15, 0.2) is 54.6 Å². The normalized spacial score (nSPS) is 9.76. The maximum Gasteiger partial charge on any atom is 0.330 e. The van der Waals surface area contributed by atoms with E-state index in [2.05, 4.69) is 10.6 Å². The Morgan fingerprint density at radius 2 is 1.81 bits per heavy atom. The Hall–Kier alpha value is -2.82. The molecule has 21 heavy (non-hydrogen) atoms. The summed E-state index contributed by atoms with van der Waals surface area (Å²) in [6.07, 6.45) is 0. The summed E-state index contributed by atoms with van der Waals surface area (Å²) >= 11 is 0. The summed E-state index contributed by atoms with van der Waals surface area (Å²) in [7, 11) is 0. The fourth-order valence-corrected chi connectivity index (χ4v) is 1.71. The smallest absolute Gasteiger partial charge is 0.330 e. The third-order valence-electron chi connectivity index (χ3n) is 2.64. The highest BCUT2D eigenvalue weighted by Crippen LogP contribution is 2.09. The van der Waals surface area contributed by atoms with Crippen molar-refractivity contribution < 1.29 is 14.3 Å². The Morgan fingerprint density at radius 3 is 2.52 bits per heavy atom. The summed E-state index contributed by atoms with van der Waals surface area (Å²) in [5.41, 5.74) is 1.71. The average Bonchev–Trinajstić information content (AvgIpc) is 2.46. The zero-order valence-corrected chi connectivity index (χ0v) is 11.6. The molecule has 0 fully saturated rings. The second-order valence-corrected chi connectivity index (χ2v) is 4.46. The number of urea groups is 1. The van der Waals surface area contributed by atoms with E-state index in [-0.39, 0.29) is 6.54 Å².